The predicted octanol–water partition coefficient (Wildman–Crippen LogP) is 3.86. The molecule has 2 aliphatic carbocycles. The lowest BCUT2D eigenvalue weighted by Gasteiger charge is -2.29. The smallest absolute Gasteiger partial charge is 0.265 e. The zero-order valence-electron chi connectivity index (χ0n) is 22.1. The van der Waals surface area contributed by atoms with Crippen LogP contribution < -0.4 is 15.6 Å². The van der Waals surface area contributed by atoms with Crippen LogP contribution in [0.25, 0.3) is 22.2 Å². The number of ether oxygens (including phenoxy) is 2. The first-order chi connectivity index (χ1) is 18.5. The van der Waals surface area contributed by atoms with Gasteiger partial charge in [0.1, 0.15) is 17.0 Å². The number of morpholine rings is 1. The normalized spacial score (nSPS) is 19.5. The molecule has 2 saturated carbocycles. The zero-order valence-corrected chi connectivity index (χ0v) is 22.1. The summed E-state index contributed by atoms with van der Waals surface area (Å²) >= 11 is 0. The molecule has 1 spiro atoms. The van der Waals surface area contributed by atoms with Crippen LogP contribution in [-0.2, 0) is 11.3 Å². The lowest BCUT2D eigenvalue weighted by atomic mass is 9.83. The standard InChI is InChI=1S/C30H36N4O4/c1-37-25-4-2-21(3-5-25)23-18-22-19-26(28(35)32-24-6-8-30(9-7-24)10-11-30)29(36)34(27(22)31-20-23)13-12-33-14-16-38-17-15-33/h2-5,18-20,24H,6-17H2,1H3,(H,32,35). The molecule has 1 saturated heterocycles. The molecule has 0 atom stereocenters. The second kappa shape index (κ2) is 10.5. The Bertz CT molecular complexity index is 1360. The van der Waals surface area contributed by atoms with Crippen LogP contribution in [0.5, 0.6) is 5.75 Å². The molecule has 1 aliphatic heterocycles. The Morgan fingerprint density at radius 3 is 2.47 bits per heavy atom. The first-order valence-electron chi connectivity index (χ1n) is 13.8. The van der Waals surface area contributed by atoms with Gasteiger partial charge in [0, 0.05) is 49.4 Å². The lowest BCUT2D eigenvalue weighted by Crippen LogP contribution is -2.42. The van der Waals surface area contributed by atoms with Gasteiger partial charge in [0.25, 0.3) is 11.5 Å². The van der Waals surface area contributed by atoms with Crippen LogP contribution in [0.4, 0.5) is 0 Å². The minimum atomic E-state index is -0.276. The number of rotatable bonds is 7. The SMILES string of the molecule is COc1ccc(-c2cnc3c(c2)cc(C(=O)NC2CCC4(CC2)CC4)c(=O)n3CCN2CCOCC2)cc1. The molecular weight excluding hydrogens is 480 g/mol. The van der Waals surface area contributed by atoms with E-state index in [1.54, 1.807) is 23.9 Å². The fraction of sp³-hybridized carbons (Fsp3) is 0.500. The van der Waals surface area contributed by atoms with Crippen molar-refractivity contribution in [2.45, 2.75) is 51.1 Å². The summed E-state index contributed by atoms with van der Waals surface area (Å²) in [5, 5.41) is 3.97. The average Bonchev–Trinajstić information content (AvgIpc) is 3.72. The maximum atomic E-state index is 13.7. The number of aromatic nitrogens is 2. The van der Waals surface area contributed by atoms with Crippen molar-refractivity contribution in [2.75, 3.05) is 40.0 Å². The van der Waals surface area contributed by atoms with Crippen molar-refractivity contribution >= 4 is 16.9 Å². The number of nitrogens with zero attached hydrogens (tertiary/aromatic N) is 3. The number of benzene rings is 1. The Kier molecular flexibility index (Phi) is 6.93. The highest BCUT2D eigenvalue weighted by Crippen LogP contribution is 2.56. The molecule has 0 unspecified atom stereocenters. The molecule has 1 amide bonds. The Balaban J connectivity index is 1.32. The highest BCUT2D eigenvalue weighted by atomic mass is 16.5. The topological polar surface area (TPSA) is 85.7 Å². The minimum absolute atomic E-state index is 0.134. The molecule has 6 rings (SSSR count). The fourth-order valence-electron chi connectivity index (χ4n) is 5.96. The molecule has 0 bridgehead atoms. The van der Waals surface area contributed by atoms with Crippen molar-refractivity contribution in [1.29, 1.82) is 0 Å². The van der Waals surface area contributed by atoms with E-state index in [1.807, 2.05) is 30.3 Å². The molecular formula is C30H36N4O4. The maximum Gasteiger partial charge on any atom is 0.265 e. The van der Waals surface area contributed by atoms with E-state index in [0.29, 0.717) is 37.4 Å². The average molecular weight is 517 g/mol. The van der Waals surface area contributed by atoms with Gasteiger partial charge in [-0.1, -0.05) is 12.1 Å². The van der Waals surface area contributed by atoms with Crippen LogP contribution in [0.3, 0.4) is 0 Å². The molecule has 200 valence electrons. The number of hydrogen-bond acceptors (Lipinski definition) is 6. The van der Waals surface area contributed by atoms with Gasteiger partial charge in [0.15, 0.2) is 0 Å². The van der Waals surface area contributed by atoms with E-state index in [9.17, 15) is 9.59 Å². The molecule has 38 heavy (non-hydrogen) atoms. The van der Waals surface area contributed by atoms with Crippen LogP contribution >= 0.6 is 0 Å². The first-order valence-corrected chi connectivity index (χ1v) is 13.8. The summed E-state index contributed by atoms with van der Waals surface area (Å²) in [6.07, 6.45) is 8.79. The van der Waals surface area contributed by atoms with Gasteiger partial charge in [-0.2, -0.15) is 0 Å². The van der Waals surface area contributed by atoms with Crippen molar-refractivity contribution in [3.63, 3.8) is 0 Å². The quantitative estimate of drug-likeness (QED) is 0.513. The minimum Gasteiger partial charge on any atom is -0.497 e. The highest BCUT2D eigenvalue weighted by Gasteiger charge is 2.44. The number of hydrogen-bond donors (Lipinski definition) is 1. The molecule has 3 fully saturated rings. The summed E-state index contributed by atoms with van der Waals surface area (Å²) in [6.45, 7) is 4.25. The number of carbonyl (C=O) groups excluding carboxylic acids is 1. The summed E-state index contributed by atoms with van der Waals surface area (Å²) in [4.78, 5) is 34.1. The fourth-order valence-corrected chi connectivity index (χ4v) is 5.96. The van der Waals surface area contributed by atoms with Gasteiger partial charge in [0.05, 0.1) is 20.3 Å². The highest BCUT2D eigenvalue weighted by molar-refractivity contribution is 5.97. The van der Waals surface area contributed by atoms with E-state index in [-0.39, 0.29) is 23.1 Å². The number of pyridine rings is 2. The van der Waals surface area contributed by atoms with E-state index in [4.69, 9.17) is 14.5 Å². The van der Waals surface area contributed by atoms with Gasteiger partial charge >= 0.3 is 0 Å². The van der Waals surface area contributed by atoms with Crippen LogP contribution in [-0.4, -0.2) is 66.4 Å². The third-order valence-electron chi connectivity index (χ3n) is 8.68. The maximum absolute atomic E-state index is 13.7. The van der Waals surface area contributed by atoms with Crippen LogP contribution in [0, 0.1) is 5.41 Å². The largest absolute Gasteiger partial charge is 0.497 e. The Morgan fingerprint density at radius 2 is 1.79 bits per heavy atom. The molecule has 2 aromatic heterocycles. The number of fused-ring (bicyclic) bond motifs is 1. The number of amides is 1. The van der Waals surface area contributed by atoms with Crippen molar-refractivity contribution < 1.29 is 14.3 Å². The van der Waals surface area contributed by atoms with Crippen molar-refractivity contribution in [3.05, 3.63) is 58.5 Å². The zero-order chi connectivity index (χ0) is 26.1. The van der Waals surface area contributed by atoms with E-state index in [2.05, 4.69) is 10.2 Å². The Labute approximate surface area is 223 Å². The molecule has 0 radical (unpaired) electrons. The molecule has 1 N–H and O–H groups in total. The number of methoxy groups -OCH3 is 1. The van der Waals surface area contributed by atoms with E-state index in [0.717, 1.165) is 48.2 Å². The van der Waals surface area contributed by atoms with Gasteiger partial charge in [-0.25, -0.2) is 4.98 Å². The van der Waals surface area contributed by atoms with E-state index < -0.39 is 0 Å². The summed E-state index contributed by atoms with van der Waals surface area (Å²) in [5.41, 5.74) is 2.99. The molecule has 8 nitrogen and oxygen atoms in total. The molecule has 1 aromatic carbocycles. The van der Waals surface area contributed by atoms with Gasteiger partial charge in [-0.3, -0.25) is 19.1 Å². The van der Waals surface area contributed by atoms with Gasteiger partial charge in [0.2, 0.25) is 0 Å². The third kappa shape index (κ3) is 5.20. The second-order valence-corrected chi connectivity index (χ2v) is 11.1. The summed E-state index contributed by atoms with van der Waals surface area (Å²) in [6, 6.07) is 11.7. The van der Waals surface area contributed by atoms with Crippen molar-refractivity contribution in [2.24, 2.45) is 5.41 Å². The van der Waals surface area contributed by atoms with Crippen LogP contribution in [0.2, 0.25) is 0 Å². The summed E-state index contributed by atoms with van der Waals surface area (Å²) in [7, 11) is 1.65. The molecule has 8 heteroatoms. The van der Waals surface area contributed by atoms with E-state index >= 15 is 0 Å². The summed E-state index contributed by atoms with van der Waals surface area (Å²) in [5.74, 6) is 0.511. The van der Waals surface area contributed by atoms with Crippen molar-refractivity contribution in [1.82, 2.24) is 19.8 Å². The van der Waals surface area contributed by atoms with Crippen LogP contribution in [0.15, 0.2) is 47.4 Å². The van der Waals surface area contributed by atoms with E-state index in [1.165, 1.54) is 25.7 Å². The lowest BCUT2D eigenvalue weighted by molar-refractivity contribution is 0.0364. The van der Waals surface area contributed by atoms with Gasteiger partial charge in [-0.05, 0) is 73.8 Å². The molecule has 3 aromatic rings. The predicted molar refractivity (Wildman–Crippen MR) is 147 cm³/mol. The first kappa shape index (κ1) is 25.1. The Hall–Kier alpha value is -3.23. The van der Waals surface area contributed by atoms with Gasteiger partial charge < -0.3 is 14.8 Å². The van der Waals surface area contributed by atoms with Gasteiger partial charge in [-0.15, -0.1) is 0 Å². The monoisotopic (exact) mass is 516 g/mol. The molecule has 3 heterocycles. The Morgan fingerprint density at radius 1 is 1.05 bits per heavy atom. The number of carbonyl (C=O) groups is 1. The number of nitrogens with one attached hydrogen (secondary N) is 1. The van der Waals surface area contributed by atoms with Crippen LogP contribution in [0.1, 0.15) is 48.9 Å². The third-order valence-corrected chi connectivity index (χ3v) is 8.68. The van der Waals surface area contributed by atoms with Crippen molar-refractivity contribution in [3.8, 4) is 16.9 Å². The summed E-state index contributed by atoms with van der Waals surface area (Å²) < 4.78 is 12.4. The molecule has 3 aliphatic rings. The second-order valence-electron chi connectivity index (χ2n) is 11.1.